The molecule has 0 aliphatic heterocycles. The number of fused-ring (bicyclic) bond motifs is 1. The molecule has 2 rings (SSSR count). The number of carboxylic acids is 1. The SMILES string of the molecule is CN(C)C(=O)CCn1c(=O)[nH]c2c(C(=O)O)cccc21. The van der Waals surface area contributed by atoms with E-state index in [1.54, 1.807) is 26.2 Å². The lowest BCUT2D eigenvalue weighted by Crippen LogP contribution is -2.25. The number of H-pyrrole nitrogens is 1. The van der Waals surface area contributed by atoms with Gasteiger partial charge in [0, 0.05) is 27.1 Å². The largest absolute Gasteiger partial charge is 0.478 e. The van der Waals surface area contributed by atoms with Crippen LogP contribution >= 0.6 is 0 Å². The summed E-state index contributed by atoms with van der Waals surface area (Å²) >= 11 is 0. The smallest absolute Gasteiger partial charge is 0.337 e. The van der Waals surface area contributed by atoms with E-state index in [2.05, 4.69) is 4.98 Å². The van der Waals surface area contributed by atoms with Crippen LogP contribution < -0.4 is 5.69 Å². The molecule has 0 atom stereocenters. The Kier molecular flexibility index (Phi) is 3.60. The molecule has 0 aliphatic rings. The summed E-state index contributed by atoms with van der Waals surface area (Å²) in [5.74, 6) is -1.20. The van der Waals surface area contributed by atoms with Gasteiger partial charge in [-0.2, -0.15) is 0 Å². The minimum atomic E-state index is -1.10. The quantitative estimate of drug-likeness (QED) is 0.851. The van der Waals surface area contributed by atoms with Gasteiger partial charge < -0.3 is 15.0 Å². The number of carbonyl (C=O) groups is 2. The maximum atomic E-state index is 11.9. The zero-order valence-corrected chi connectivity index (χ0v) is 11.2. The number of aromatic amines is 1. The first-order chi connectivity index (χ1) is 9.41. The van der Waals surface area contributed by atoms with Crippen LogP contribution in [0.15, 0.2) is 23.0 Å². The Hall–Kier alpha value is -2.57. The summed E-state index contributed by atoms with van der Waals surface area (Å²) < 4.78 is 1.38. The van der Waals surface area contributed by atoms with Crippen LogP contribution in [0.25, 0.3) is 11.0 Å². The number of hydrogen-bond donors (Lipinski definition) is 2. The average Bonchev–Trinajstić information content (AvgIpc) is 2.70. The van der Waals surface area contributed by atoms with Crippen LogP contribution in [0.2, 0.25) is 0 Å². The molecule has 1 aromatic heterocycles. The highest BCUT2D eigenvalue weighted by molar-refractivity contribution is 6.00. The van der Waals surface area contributed by atoms with E-state index in [0.717, 1.165) is 0 Å². The minimum Gasteiger partial charge on any atom is -0.478 e. The molecule has 1 amide bonds. The maximum Gasteiger partial charge on any atom is 0.337 e. The number of rotatable bonds is 4. The van der Waals surface area contributed by atoms with Gasteiger partial charge in [-0.05, 0) is 12.1 Å². The summed E-state index contributed by atoms with van der Waals surface area (Å²) in [6.45, 7) is 0.207. The molecule has 0 fully saturated rings. The number of nitrogens with zero attached hydrogens (tertiary/aromatic N) is 2. The van der Waals surface area contributed by atoms with E-state index in [1.165, 1.54) is 15.5 Å². The number of para-hydroxylation sites is 1. The van der Waals surface area contributed by atoms with Crippen molar-refractivity contribution in [2.24, 2.45) is 0 Å². The number of amides is 1. The van der Waals surface area contributed by atoms with Gasteiger partial charge in [-0.1, -0.05) is 6.07 Å². The van der Waals surface area contributed by atoms with Crippen LogP contribution in [0.3, 0.4) is 0 Å². The van der Waals surface area contributed by atoms with Gasteiger partial charge in [-0.15, -0.1) is 0 Å². The Bertz CT molecular complexity index is 727. The van der Waals surface area contributed by atoms with E-state index in [4.69, 9.17) is 5.11 Å². The number of aryl methyl sites for hydroxylation is 1. The van der Waals surface area contributed by atoms with Crippen molar-refractivity contribution in [2.45, 2.75) is 13.0 Å². The van der Waals surface area contributed by atoms with Gasteiger partial charge in [-0.3, -0.25) is 9.36 Å². The molecular weight excluding hydrogens is 262 g/mol. The van der Waals surface area contributed by atoms with Crippen molar-refractivity contribution in [3.8, 4) is 0 Å². The lowest BCUT2D eigenvalue weighted by Gasteiger charge is -2.10. The fourth-order valence-electron chi connectivity index (χ4n) is 2.01. The molecular formula is C13H15N3O4. The predicted octanol–water partition coefficient (Wildman–Crippen LogP) is 0.506. The highest BCUT2D eigenvalue weighted by Crippen LogP contribution is 2.15. The van der Waals surface area contributed by atoms with Crippen LogP contribution in [0.5, 0.6) is 0 Å². The number of aromatic carboxylic acids is 1. The van der Waals surface area contributed by atoms with Crippen molar-refractivity contribution in [1.82, 2.24) is 14.5 Å². The Morgan fingerprint density at radius 2 is 2.05 bits per heavy atom. The number of imidazole rings is 1. The average molecular weight is 277 g/mol. The van der Waals surface area contributed by atoms with E-state index in [1.807, 2.05) is 0 Å². The standard InChI is InChI=1S/C13H15N3O4/c1-15(2)10(17)6-7-16-9-5-3-4-8(12(18)19)11(9)14-13(16)20/h3-5H,6-7H2,1-2H3,(H,14,20)(H,18,19). The van der Waals surface area contributed by atoms with E-state index >= 15 is 0 Å². The van der Waals surface area contributed by atoms with Crippen molar-refractivity contribution in [2.75, 3.05) is 14.1 Å². The lowest BCUT2D eigenvalue weighted by atomic mass is 10.2. The number of benzene rings is 1. The fraction of sp³-hybridized carbons (Fsp3) is 0.308. The monoisotopic (exact) mass is 277 g/mol. The summed E-state index contributed by atoms with van der Waals surface area (Å²) in [7, 11) is 3.28. The lowest BCUT2D eigenvalue weighted by molar-refractivity contribution is -0.128. The third-order valence-corrected chi connectivity index (χ3v) is 3.09. The van der Waals surface area contributed by atoms with Crippen molar-refractivity contribution in [3.63, 3.8) is 0 Å². The van der Waals surface area contributed by atoms with Crippen LogP contribution in [-0.4, -0.2) is 45.5 Å². The molecule has 0 spiro atoms. The summed E-state index contributed by atoms with van der Waals surface area (Å²) in [4.78, 5) is 38.5. The molecule has 2 aromatic rings. The summed E-state index contributed by atoms with van der Waals surface area (Å²) in [5, 5.41) is 9.08. The second-order valence-electron chi connectivity index (χ2n) is 4.62. The van der Waals surface area contributed by atoms with E-state index in [9.17, 15) is 14.4 Å². The van der Waals surface area contributed by atoms with Gasteiger partial charge >= 0.3 is 11.7 Å². The molecule has 20 heavy (non-hydrogen) atoms. The highest BCUT2D eigenvalue weighted by Gasteiger charge is 2.15. The molecule has 0 aliphatic carbocycles. The first-order valence-corrected chi connectivity index (χ1v) is 6.07. The van der Waals surface area contributed by atoms with Gasteiger partial charge in [0.25, 0.3) is 0 Å². The predicted molar refractivity (Wildman–Crippen MR) is 72.8 cm³/mol. The Labute approximate surface area is 114 Å². The molecule has 7 nitrogen and oxygen atoms in total. The zero-order chi connectivity index (χ0) is 14.9. The Morgan fingerprint density at radius 1 is 1.35 bits per heavy atom. The first-order valence-electron chi connectivity index (χ1n) is 6.07. The van der Waals surface area contributed by atoms with Crippen LogP contribution in [0, 0.1) is 0 Å². The van der Waals surface area contributed by atoms with E-state index < -0.39 is 11.7 Å². The normalized spacial score (nSPS) is 10.7. The van der Waals surface area contributed by atoms with Crippen LogP contribution in [0.4, 0.5) is 0 Å². The van der Waals surface area contributed by atoms with Gasteiger partial charge in [0.15, 0.2) is 0 Å². The zero-order valence-electron chi connectivity index (χ0n) is 11.2. The molecule has 106 valence electrons. The fourth-order valence-corrected chi connectivity index (χ4v) is 2.01. The number of nitrogens with one attached hydrogen (secondary N) is 1. The second kappa shape index (κ2) is 5.20. The molecule has 0 saturated heterocycles. The Balaban J connectivity index is 2.42. The minimum absolute atomic E-state index is 0.0392. The molecule has 2 N–H and O–H groups in total. The molecule has 1 aromatic carbocycles. The van der Waals surface area contributed by atoms with Gasteiger partial charge in [0.2, 0.25) is 5.91 Å². The number of aromatic nitrogens is 2. The molecule has 0 unspecified atom stereocenters. The van der Waals surface area contributed by atoms with E-state index in [0.29, 0.717) is 5.52 Å². The van der Waals surface area contributed by atoms with Crippen LogP contribution in [-0.2, 0) is 11.3 Å². The first kappa shape index (κ1) is 13.9. The molecule has 0 bridgehead atoms. The number of carboxylic acid groups (broad SMARTS) is 1. The van der Waals surface area contributed by atoms with Crippen molar-refractivity contribution in [1.29, 1.82) is 0 Å². The van der Waals surface area contributed by atoms with Gasteiger partial charge in [0.05, 0.1) is 16.6 Å². The maximum absolute atomic E-state index is 11.9. The molecule has 1 heterocycles. The topological polar surface area (TPSA) is 95.4 Å². The van der Waals surface area contributed by atoms with Gasteiger partial charge in [-0.25, -0.2) is 9.59 Å². The molecule has 0 radical (unpaired) electrons. The molecule has 7 heteroatoms. The number of carbonyl (C=O) groups excluding carboxylic acids is 1. The highest BCUT2D eigenvalue weighted by atomic mass is 16.4. The van der Waals surface area contributed by atoms with Crippen molar-refractivity contribution in [3.05, 3.63) is 34.2 Å². The summed E-state index contributed by atoms with van der Waals surface area (Å²) in [6, 6.07) is 4.65. The number of hydrogen-bond acceptors (Lipinski definition) is 3. The van der Waals surface area contributed by atoms with Crippen LogP contribution in [0.1, 0.15) is 16.8 Å². The Morgan fingerprint density at radius 3 is 2.65 bits per heavy atom. The van der Waals surface area contributed by atoms with Gasteiger partial charge in [0.1, 0.15) is 0 Å². The third-order valence-electron chi connectivity index (χ3n) is 3.09. The van der Waals surface area contributed by atoms with E-state index in [-0.39, 0.29) is 30.0 Å². The molecule has 0 saturated carbocycles. The summed E-state index contributed by atoms with van der Waals surface area (Å²) in [6.07, 6.45) is 0.178. The summed E-state index contributed by atoms with van der Waals surface area (Å²) in [5.41, 5.74) is 0.390. The third kappa shape index (κ3) is 2.42. The van der Waals surface area contributed by atoms with Crippen molar-refractivity contribution < 1.29 is 14.7 Å². The van der Waals surface area contributed by atoms with Crippen molar-refractivity contribution >= 4 is 22.9 Å². The second-order valence-corrected chi connectivity index (χ2v) is 4.62.